The molecule has 0 N–H and O–H groups in total. The molecule has 102 valence electrons. The van der Waals surface area contributed by atoms with E-state index in [-0.39, 0.29) is 5.91 Å². The highest BCUT2D eigenvalue weighted by Gasteiger charge is 2.19. The Kier molecular flexibility index (Phi) is 3.82. The van der Waals surface area contributed by atoms with Crippen molar-refractivity contribution in [3.63, 3.8) is 0 Å². The first-order chi connectivity index (χ1) is 9.83. The summed E-state index contributed by atoms with van der Waals surface area (Å²) in [6.45, 7) is 1.62. The lowest BCUT2D eigenvalue weighted by Crippen LogP contribution is -2.36. The minimum atomic E-state index is 0.267. The average Bonchev–Trinajstić information content (AvgIpc) is 2.53. The molecule has 2 heteroatoms. The molecule has 0 radical (unpaired) electrons. The van der Waals surface area contributed by atoms with E-state index in [0.717, 1.165) is 25.9 Å². The topological polar surface area (TPSA) is 20.3 Å². The molecule has 1 amide bonds. The van der Waals surface area contributed by atoms with Crippen molar-refractivity contribution in [1.29, 1.82) is 0 Å². The Morgan fingerprint density at radius 1 is 0.950 bits per heavy atom. The van der Waals surface area contributed by atoms with Gasteiger partial charge in [0.2, 0.25) is 5.91 Å². The molecule has 2 aromatic rings. The van der Waals surface area contributed by atoms with Crippen molar-refractivity contribution in [2.24, 2.45) is 0 Å². The second kappa shape index (κ2) is 5.91. The first-order valence-electron chi connectivity index (χ1n) is 7.21. The van der Waals surface area contributed by atoms with E-state index in [1.54, 1.807) is 0 Å². The first kappa shape index (κ1) is 12.9. The zero-order chi connectivity index (χ0) is 13.8. The molecule has 0 aliphatic carbocycles. The largest absolute Gasteiger partial charge is 0.338 e. The summed E-state index contributed by atoms with van der Waals surface area (Å²) in [6.07, 6.45) is 2.41. The average molecular weight is 265 g/mol. The van der Waals surface area contributed by atoms with Gasteiger partial charge in [-0.15, -0.1) is 0 Å². The normalized spacial score (nSPS) is 13.9. The Morgan fingerprint density at radius 2 is 1.65 bits per heavy atom. The lowest BCUT2D eigenvalue weighted by Gasteiger charge is -2.29. The fourth-order valence-electron chi connectivity index (χ4n) is 2.76. The fraction of sp³-hybridized carbons (Fsp3) is 0.278. The van der Waals surface area contributed by atoms with Crippen molar-refractivity contribution in [2.45, 2.75) is 25.8 Å². The van der Waals surface area contributed by atoms with E-state index in [0.29, 0.717) is 6.42 Å². The number of nitrogens with zero attached hydrogens (tertiary/aromatic N) is 1. The van der Waals surface area contributed by atoms with Crippen LogP contribution in [0.4, 0.5) is 0 Å². The van der Waals surface area contributed by atoms with Gasteiger partial charge in [0.15, 0.2) is 0 Å². The Labute approximate surface area is 120 Å². The second-order valence-electron chi connectivity index (χ2n) is 5.32. The molecule has 2 nitrogen and oxygen atoms in total. The third-order valence-corrected chi connectivity index (χ3v) is 3.95. The SMILES string of the molecule is O=C(CCc1ccccc1)N1CCc2ccccc2C1. The highest BCUT2D eigenvalue weighted by atomic mass is 16.2. The summed E-state index contributed by atoms with van der Waals surface area (Å²) in [5, 5.41) is 0. The molecule has 1 heterocycles. The molecule has 0 aromatic heterocycles. The van der Waals surface area contributed by atoms with Gasteiger partial charge in [-0.05, 0) is 29.5 Å². The maximum Gasteiger partial charge on any atom is 0.223 e. The molecule has 0 spiro atoms. The Hall–Kier alpha value is -2.09. The Bertz CT molecular complexity index is 591. The number of benzene rings is 2. The standard InChI is InChI=1S/C18H19NO/c20-18(11-10-15-6-2-1-3-7-15)19-13-12-16-8-4-5-9-17(16)14-19/h1-9H,10-14H2. The van der Waals surface area contributed by atoms with Crippen LogP contribution >= 0.6 is 0 Å². The predicted molar refractivity (Wildman–Crippen MR) is 80.3 cm³/mol. The van der Waals surface area contributed by atoms with Crippen molar-refractivity contribution in [3.05, 3.63) is 71.3 Å². The van der Waals surface area contributed by atoms with Gasteiger partial charge in [-0.1, -0.05) is 54.6 Å². The molecule has 2 aromatic carbocycles. The van der Waals surface area contributed by atoms with Gasteiger partial charge in [-0.25, -0.2) is 0 Å². The third-order valence-electron chi connectivity index (χ3n) is 3.95. The van der Waals surface area contributed by atoms with Crippen molar-refractivity contribution in [3.8, 4) is 0 Å². The molecule has 0 saturated heterocycles. The van der Waals surface area contributed by atoms with E-state index < -0.39 is 0 Å². The Morgan fingerprint density at radius 3 is 2.45 bits per heavy atom. The van der Waals surface area contributed by atoms with E-state index >= 15 is 0 Å². The number of fused-ring (bicyclic) bond motifs is 1. The van der Waals surface area contributed by atoms with Crippen molar-refractivity contribution >= 4 is 5.91 Å². The van der Waals surface area contributed by atoms with Crippen LogP contribution in [-0.4, -0.2) is 17.4 Å². The van der Waals surface area contributed by atoms with Gasteiger partial charge in [0, 0.05) is 19.5 Å². The molecule has 0 atom stereocenters. The molecule has 0 unspecified atom stereocenters. The molecule has 0 bridgehead atoms. The number of rotatable bonds is 3. The molecule has 1 aliphatic heterocycles. The summed E-state index contributed by atoms with van der Waals surface area (Å²) < 4.78 is 0. The number of carbonyl (C=O) groups is 1. The number of carbonyl (C=O) groups excluding carboxylic acids is 1. The lowest BCUT2D eigenvalue weighted by molar-refractivity contribution is -0.132. The summed E-state index contributed by atoms with van der Waals surface area (Å²) in [4.78, 5) is 14.3. The first-order valence-corrected chi connectivity index (χ1v) is 7.21. The van der Waals surface area contributed by atoms with Crippen molar-refractivity contribution < 1.29 is 4.79 Å². The summed E-state index contributed by atoms with van der Waals surface area (Å²) >= 11 is 0. The van der Waals surface area contributed by atoms with E-state index in [1.165, 1.54) is 16.7 Å². The zero-order valence-corrected chi connectivity index (χ0v) is 11.6. The van der Waals surface area contributed by atoms with Gasteiger partial charge in [0.05, 0.1) is 0 Å². The van der Waals surface area contributed by atoms with Crippen LogP contribution < -0.4 is 0 Å². The second-order valence-corrected chi connectivity index (χ2v) is 5.32. The molecular formula is C18H19NO. The van der Waals surface area contributed by atoms with Gasteiger partial charge in [0.25, 0.3) is 0 Å². The molecule has 20 heavy (non-hydrogen) atoms. The quantitative estimate of drug-likeness (QED) is 0.834. The Balaban J connectivity index is 1.59. The summed E-state index contributed by atoms with van der Waals surface area (Å²) in [5.41, 5.74) is 3.92. The van der Waals surface area contributed by atoms with E-state index in [9.17, 15) is 4.79 Å². The minimum Gasteiger partial charge on any atom is -0.338 e. The predicted octanol–water partition coefficient (Wildman–Crippen LogP) is 3.20. The van der Waals surface area contributed by atoms with Gasteiger partial charge in [0.1, 0.15) is 0 Å². The number of hydrogen-bond donors (Lipinski definition) is 0. The van der Waals surface area contributed by atoms with Crippen LogP contribution in [0.1, 0.15) is 23.1 Å². The van der Waals surface area contributed by atoms with Crippen molar-refractivity contribution in [2.75, 3.05) is 6.54 Å². The highest BCUT2D eigenvalue weighted by molar-refractivity contribution is 5.76. The van der Waals surface area contributed by atoms with E-state index in [1.807, 2.05) is 23.1 Å². The summed E-state index contributed by atoms with van der Waals surface area (Å²) in [6, 6.07) is 18.6. The summed E-state index contributed by atoms with van der Waals surface area (Å²) in [5.74, 6) is 0.267. The van der Waals surface area contributed by atoms with Crippen molar-refractivity contribution in [1.82, 2.24) is 4.90 Å². The zero-order valence-electron chi connectivity index (χ0n) is 11.6. The summed E-state index contributed by atoms with van der Waals surface area (Å²) in [7, 11) is 0. The molecule has 0 fully saturated rings. The van der Waals surface area contributed by atoms with Gasteiger partial charge < -0.3 is 4.90 Å². The highest BCUT2D eigenvalue weighted by Crippen LogP contribution is 2.19. The van der Waals surface area contributed by atoms with Crippen LogP contribution in [0.25, 0.3) is 0 Å². The maximum atomic E-state index is 12.3. The lowest BCUT2D eigenvalue weighted by atomic mass is 9.99. The molecular weight excluding hydrogens is 246 g/mol. The number of aryl methyl sites for hydroxylation is 1. The third kappa shape index (κ3) is 2.90. The van der Waals surface area contributed by atoms with Gasteiger partial charge in [-0.3, -0.25) is 4.79 Å². The smallest absolute Gasteiger partial charge is 0.223 e. The monoisotopic (exact) mass is 265 g/mol. The molecule has 3 rings (SSSR count). The van der Waals surface area contributed by atoms with Crippen LogP contribution in [0.3, 0.4) is 0 Å². The van der Waals surface area contributed by atoms with E-state index in [2.05, 4.69) is 36.4 Å². The van der Waals surface area contributed by atoms with Crippen LogP contribution in [-0.2, 0) is 24.2 Å². The maximum absolute atomic E-state index is 12.3. The van der Waals surface area contributed by atoms with Crippen LogP contribution in [0.5, 0.6) is 0 Å². The van der Waals surface area contributed by atoms with Crippen LogP contribution in [0.2, 0.25) is 0 Å². The van der Waals surface area contributed by atoms with Crippen LogP contribution in [0, 0.1) is 0 Å². The molecule has 0 saturated carbocycles. The number of amides is 1. The molecule has 1 aliphatic rings. The van der Waals surface area contributed by atoms with E-state index in [4.69, 9.17) is 0 Å². The van der Waals surface area contributed by atoms with Gasteiger partial charge >= 0.3 is 0 Å². The van der Waals surface area contributed by atoms with Crippen LogP contribution in [0.15, 0.2) is 54.6 Å². The fourth-order valence-corrected chi connectivity index (χ4v) is 2.76. The number of hydrogen-bond acceptors (Lipinski definition) is 1. The minimum absolute atomic E-state index is 0.267. The van der Waals surface area contributed by atoms with Gasteiger partial charge in [-0.2, -0.15) is 0 Å².